The number of methoxy groups -OCH3 is 1. The molecule has 0 aromatic heterocycles. The number of ether oxygens (including phenoxy) is 1. The quantitative estimate of drug-likeness (QED) is 0.679. The fourth-order valence-corrected chi connectivity index (χ4v) is 1.37. The van der Waals surface area contributed by atoms with E-state index in [-0.39, 0.29) is 18.3 Å². The van der Waals surface area contributed by atoms with Crippen LogP contribution in [0.15, 0.2) is 18.2 Å². The van der Waals surface area contributed by atoms with Gasteiger partial charge in [0.2, 0.25) is 0 Å². The van der Waals surface area contributed by atoms with Crippen molar-refractivity contribution in [2.75, 3.05) is 20.3 Å². The van der Waals surface area contributed by atoms with Crippen LogP contribution >= 0.6 is 0 Å². The summed E-state index contributed by atoms with van der Waals surface area (Å²) in [6, 6.07) is 5.31. The predicted octanol–water partition coefficient (Wildman–Crippen LogP) is 1.12. The first-order valence-corrected chi connectivity index (χ1v) is 5.34. The molecule has 0 radical (unpaired) electrons. The minimum atomic E-state index is 0.150. The summed E-state index contributed by atoms with van der Waals surface area (Å²) in [5, 5.41) is 21.6. The molecule has 0 spiro atoms. The van der Waals surface area contributed by atoms with Crippen LogP contribution in [0.1, 0.15) is 12.5 Å². The second-order valence-corrected chi connectivity index (χ2v) is 3.92. The molecule has 4 heteroatoms. The fraction of sp³-hybridized carbons (Fsp3) is 0.500. The van der Waals surface area contributed by atoms with Crippen molar-refractivity contribution < 1.29 is 14.9 Å². The van der Waals surface area contributed by atoms with Gasteiger partial charge in [-0.05, 0) is 23.6 Å². The van der Waals surface area contributed by atoms with Gasteiger partial charge in [0.15, 0.2) is 11.5 Å². The predicted molar refractivity (Wildman–Crippen MR) is 62.6 cm³/mol. The van der Waals surface area contributed by atoms with E-state index in [9.17, 15) is 5.11 Å². The number of hydrogen-bond acceptors (Lipinski definition) is 4. The normalized spacial score (nSPS) is 12.4. The Kier molecular flexibility index (Phi) is 5.08. The molecular formula is C12H19NO3. The van der Waals surface area contributed by atoms with Crippen LogP contribution in [0.5, 0.6) is 11.5 Å². The minimum absolute atomic E-state index is 0.150. The monoisotopic (exact) mass is 225 g/mol. The zero-order valence-corrected chi connectivity index (χ0v) is 9.73. The van der Waals surface area contributed by atoms with Crippen molar-refractivity contribution in [2.24, 2.45) is 5.92 Å². The van der Waals surface area contributed by atoms with Gasteiger partial charge in [0.25, 0.3) is 0 Å². The SMILES string of the molecule is COc1ccc(CNCC(C)CO)cc1O. The summed E-state index contributed by atoms with van der Waals surface area (Å²) in [6.45, 7) is 3.57. The first kappa shape index (κ1) is 12.8. The van der Waals surface area contributed by atoms with E-state index in [4.69, 9.17) is 9.84 Å². The molecule has 0 aliphatic carbocycles. The van der Waals surface area contributed by atoms with Crippen molar-refractivity contribution in [3.05, 3.63) is 23.8 Å². The number of rotatable bonds is 6. The smallest absolute Gasteiger partial charge is 0.160 e. The van der Waals surface area contributed by atoms with Crippen molar-refractivity contribution >= 4 is 0 Å². The number of aromatic hydroxyl groups is 1. The van der Waals surface area contributed by atoms with Gasteiger partial charge in [0.1, 0.15) is 0 Å². The zero-order chi connectivity index (χ0) is 12.0. The lowest BCUT2D eigenvalue weighted by atomic mass is 10.1. The molecule has 0 saturated heterocycles. The number of phenolic OH excluding ortho intramolecular Hbond substituents is 1. The number of nitrogens with one attached hydrogen (secondary N) is 1. The zero-order valence-electron chi connectivity index (χ0n) is 9.73. The second kappa shape index (κ2) is 6.35. The molecule has 1 atom stereocenters. The number of aliphatic hydroxyl groups excluding tert-OH is 1. The third-order valence-electron chi connectivity index (χ3n) is 2.38. The maximum Gasteiger partial charge on any atom is 0.160 e. The van der Waals surface area contributed by atoms with E-state index in [1.165, 1.54) is 7.11 Å². The van der Waals surface area contributed by atoms with Gasteiger partial charge in [0, 0.05) is 19.7 Å². The highest BCUT2D eigenvalue weighted by Crippen LogP contribution is 2.25. The number of aliphatic hydroxyl groups is 1. The summed E-state index contributed by atoms with van der Waals surface area (Å²) in [5.41, 5.74) is 0.989. The molecular weight excluding hydrogens is 206 g/mol. The molecule has 0 saturated carbocycles. The average Bonchev–Trinajstić information content (AvgIpc) is 2.29. The van der Waals surface area contributed by atoms with Gasteiger partial charge in [-0.2, -0.15) is 0 Å². The first-order valence-electron chi connectivity index (χ1n) is 5.34. The van der Waals surface area contributed by atoms with Gasteiger partial charge in [0.05, 0.1) is 7.11 Å². The highest BCUT2D eigenvalue weighted by molar-refractivity contribution is 5.41. The van der Waals surface area contributed by atoms with Crippen molar-refractivity contribution in [3.8, 4) is 11.5 Å². The van der Waals surface area contributed by atoms with Gasteiger partial charge >= 0.3 is 0 Å². The van der Waals surface area contributed by atoms with Gasteiger partial charge in [-0.25, -0.2) is 0 Å². The minimum Gasteiger partial charge on any atom is -0.504 e. The maximum absolute atomic E-state index is 9.55. The van der Waals surface area contributed by atoms with E-state index in [0.29, 0.717) is 12.3 Å². The van der Waals surface area contributed by atoms with Gasteiger partial charge in [-0.1, -0.05) is 13.0 Å². The average molecular weight is 225 g/mol. The Morgan fingerprint density at radius 3 is 2.75 bits per heavy atom. The Labute approximate surface area is 95.9 Å². The third-order valence-corrected chi connectivity index (χ3v) is 2.38. The summed E-state index contributed by atoms with van der Waals surface area (Å²) in [7, 11) is 1.52. The van der Waals surface area contributed by atoms with Crippen LogP contribution in [0, 0.1) is 5.92 Å². The fourth-order valence-electron chi connectivity index (χ4n) is 1.37. The molecule has 90 valence electrons. The molecule has 16 heavy (non-hydrogen) atoms. The van der Waals surface area contributed by atoms with Crippen molar-refractivity contribution in [1.29, 1.82) is 0 Å². The lowest BCUT2D eigenvalue weighted by molar-refractivity contribution is 0.233. The number of benzene rings is 1. The van der Waals surface area contributed by atoms with E-state index in [1.807, 2.05) is 13.0 Å². The van der Waals surface area contributed by atoms with Crippen molar-refractivity contribution in [1.82, 2.24) is 5.32 Å². The first-order chi connectivity index (χ1) is 7.67. The summed E-state index contributed by atoms with van der Waals surface area (Å²) in [6.07, 6.45) is 0. The van der Waals surface area contributed by atoms with E-state index in [1.54, 1.807) is 12.1 Å². The topological polar surface area (TPSA) is 61.7 Å². The summed E-state index contributed by atoms with van der Waals surface area (Å²) in [4.78, 5) is 0. The Hall–Kier alpha value is -1.26. The standard InChI is InChI=1S/C12H19NO3/c1-9(8-14)6-13-7-10-3-4-12(16-2)11(15)5-10/h3-5,9,13-15H,6-8H2,1-2H3. The van der Waals surface area contributed by atoms with Crippen LogP contribution in [-0.2, 0) is 6.54 Å². The summed E-state index contributed by atoms with van der Waals surface area (Å²) < 4.78 is 4.96. The van der Waals surface area contributed by atoms with E-state index < -0.39 is 0 Å². The van der Waals surface area contributed by atoms with E-state index in [0.717, 1.165) is 12.1 Å². The number of hydrogen-bond donors (Lipinski definition) is 3. The molecule has 0 aliphatic rings. The summed E-state index contributed by atoms with van der Waals surface area (Å²) in [5.74, 6) is 0.872. The maximum atomic E-state index is 9.55. The number of phenols is 1. The van der Waals surface area contributed by atoms with Crippen LogP contribution in [0.25, 0.3) is 0 Å². The van der Waals surface area contributed by atoms with E-state index >= 15 is 0 Å². The highest BCUT2D eigenvalue weighted by Gasteiger charge is 2.03. The van der Waals surface area contributed by atoms with Gasteiger partial charge in [-0.3, -0.25) is 0 Å². The molecule has 1 aromatic carbocycles. The van der Waals surface area contributed by atoms with Crippen molar-refractivity contribution in [2.45, 2.75) is 13.5 Å². The lowest BCUT2D eigenvalue weighted by Gasteiger charge is -2.10. The summed E-state index contributed by atoms with van der Waals surface area (Å²) >= 11 is 0. The molecule has 3 N–H and O–H groups in total. The Bertz CT molecular complexity index is 328. The largest absolute Gasteiger partial charge is 0.504 e. The lowest BCUT2D eigenvalue weighted by Crippen LogP contribution is -2.22. The van der Waals surface area contributed by atoms with Crippen molar-refractivity contribution in [3.63, 3.8) is 0 Å². The highest BCUT2D eigenvalue weighted by atomic mass is 16.5. The Balaban J connectivity index is 2.46. The Morgan fingerprint density at radius 2 is 2.19 bits per heavy atom. The molecule has 0 amide bonds. The van der Waals surface area contributed by atoms with Crippen LogP contribution in [0.2, 0.25) is 0 Å². The second-order valence-electron chi connectivity index (χ2n) is 3.92. The van der Waals surface area contributed by atoms with Crippen LogP contribution in [0.4, 0.5) is 0 Å². The van der Waals surface area contributed by atoms with Crippen LogP contribution in [-0.4, -0.2) is 30.5 Å². The molecule has 1 aromatic rings. The molecule has 0 heterocycles. The van der Waals surface area contributed by atoms with Gasteiger partial charge < -0.3 is 20.3 Å². The third kappa shape index (κ3) is 3.72. The van der Waals surface area contributed by atoms with Crippen LogP contribution < -0.4 is 10.1 Å². The molecule has 0 fully saturated rings. The van der Waals surface area contributed by atoms with Gasteiger partial charge in [-0.15, -0.1) is 0 Å². The molecule has 0 bridgehead atoms. The molecule has 4 nitrogen and oxygen atoms in total. The molecule has 1 rings (SSSR count). The Morgan fingerprint density at radius 1 is 1.44 bits per heavy atom. The molecule has 1 unspecified atom stereocenters. The van der Waals surface area contributed by atoms with Crippen LogP contribution in [0.3, 0.4) is 0 Å². The molecule has 0 aliphatic heterocycles. The van der Waals surface area contributed by atoms with E-state index in [2.05, 4.69) is 5.32 Å².